The van der Waals surface area contributed by atoms with Crippen LogP contribution in [-0.4, -0.2) is 52.9 Å². The minimum atomic E-state index is -0.194. The van der Waals surface area contributed by atoms with Crippen LogP contribution in [0.1, 0.15) is 24.8 Å². The average Bonchev–Trinajstić information content (AvgIpc) is 2.58. The molecule has 1 aromatic heterocycles. The molecule has 1 saturated heterocycles. The van der Waals surface area contributed by atoms with E-state index in [0.29, 0.717) is 6.54 Å². The van der Waals surface area contributed by atoms with E-state index in [1.165, 1.54) is 6.08 Å². The molecule has 2 amide bonds. The van der Waals surface area contributed by atoms with E-state index in [0.717, 1.165) is 44.5 Å². The molecule has 8 nitrogen and oxygen atoms in total. The maximum atomic E-state index is 11.7. The molecule has 0 aliphatic carbocycles. The number of piperidine rings is 1. The van der Waals surface area contributed by atoms with E-state index < -0.39 is 0 Å². The normalized spacial score (nSPS) is 16.3. The zero-order valence-electron chi connectivity index (χ0n) is 13.6. The molecule has 1 aromatic rings. The number of nitrogen functional groups attached to an aromatic ring is 1. The highest BCUT2D eigenvalue weighted by Gasteiger charge is 2.22. The third-order valence-electron chi connectivity index (χ3n) is 4.06. The van der Waals surface area contributed by atoms with Gasteiger partial charge < -0.3 is 21.7 Å². The molecule has 130 valence electrons. The number of hydrogen-bond donors (Lipinski definition) is 3. The first-order chi connectivity index (χ1) is 11.5. The fraction of sp³-hybridized carbons (Fsp3) is 0.500. The van der Waals surface area contributed by atoms with Crippen LogP contribution in [0.2, 0.25) is 0 Å². The van der Waals surface area contributed by atoms with Gasteiger partial charge in [-0.3, -0.25) is 9.59 Å². The Morgan fingerprint density at radius 3 is 2.58 bits per heavy atom. The van der Waals surface area contributed by atoms with Crippen molar-refractivity contribution in [2.75, 3.05) is 31.9 Å². The van der Waals surface area contributed by atoms with Crippen LogP contribution in [0.4, 0.5) is 5.95 Å². The molecule has 0 spiro atoms. The Hall–Kier alpha value is -2.48. The molecule has 0 aromatic carbocycles. The van der Waals surface area contributed by atoms with Gasteiger partial charge in [0.2, 0.25) is 17.8 Å². The van der Waals surface area contributed by atoms with Crippen LogP contribution in [0.25, 0.3) is 6.08 Å². The second-order valence-corrected chi connectivity index (χ2v) is 5.87. The number of rotatable bonds is 7. The number of nitrogens with two attached hydrogens (primary N) is 2. The SMILES string of the molecule is NC(=O)C1CCN(CCCNC(=O)C=Cc2cnc(N)nc2)CC1. The van der Waals surface area contributed by atoms with E-state index in [4.69, 9.17) is 11.5 Å². The lowest BCUT2D eigenvalue weighted by molar-refractivity contribution is -0.123. The van der Waals surface area contributed by atoms with E-state index in [9.17, 15) is 9.59 Å². The number of nitrogens with one attached hydrogen (secondary N) is 1. The van der Waals surface area contributed by atoms with Crippen LogP contribution >= 0.6 is 0 Å². The number of likely N-dealkylation sites (tertiary alicyclic amines) is 1. The molecule has 1 aliphatic heterocycles. The van der Waals surface area contributed by atoms with Crippen molar-refractivity contribution in [2.24, 2.45) is 11.7 Å². The Balaban J connectivity index is 1.59. The standard InChI is InChI=1S/C16H24N6O2/c17-15(24)13-4-8-22(9-5-13)7-1-6-19-14(23)3-2-12-10-20-16(18)21-11-12/h2-3,10-11,13H,1,4-9H2,(H2,17,24)(H,19,23)(H2,18,20,21). The van der Waals surface area contributed by atoms with Crippen molar-refractivity contribution >= 4 is 23.8 Å². The average molecular weight is 332 g/mol. The predicted molar refractivity (Wildman–Crippen MR) is 91.5 cm³/mol. The lowest BCUT2D eigenvalue weighted by Crippen LogP contribution is -2.39. The zero-order chi connectivity index (χ0) is 17.4. The maximum absolute atomic E-state index is 11.7. The minimum Gasteiger partial charge on any atom is -0.369 e. The first-order valence-corrected chi connectivity index (χ1v) is 8.09. The summed E-state index contributed by atoms with van der Waals surface area (Å²) in [5.74, 6) is -0.126. The van der Waals surface area contributed by atoms with Gasteiger partial charge in [0.15, 0.2) is 0 Å². The molecule has 2 rings (SSSR count). The maximum Gasteiger partial charge on any atom is 0.244 e. The molecule has 1 fully saturated rings. The summed E-state index contributed by atoms with van der Waals surface area (Å²) in [5, 5.41) is 2.84. The largest absolute Gasteiger partial charge is 0.369 e. The van der Waals surface area contributed by atoms with Crippen molar-refractivity contribution in [2.45, 2.75) is 19.3 Å². The molecule has 5 N–H and O–H groups in total. The lowest BCUT2D eigenvalue weighted by atomic mass is 9.96. The van der Waals surface area contributed by atoms with Gasteiger partial charge in [-0.25, -0.2) is 9.97 Å². The third kappa shape index (κ3) is 5.96. The smallest absolute Gasteiger partial charge is 0.244 e. The fourth-order valence-electron chi connectivity index (χ4n) is 2.62. The lowest BCUT2D eigenvalue weighted by Gasteiger charge is -2.30. The summed E-state index contributed by atoms with van der Waals surface area (Å²) >= 11 is 0. The van der Waals surface area contributed by atoms with Gasteiger partial charge in [0, 0.05) is 36.5 Å². The van der Waals surface area contributed by atoms with E-state index in [1.807, 2.05) is 0 Å². The molecule has 24 heavy (non-hydrogen) atoms. The molecule has 0 bridgehead atoms. The Labute approximate surface area is 141 Å². The molecule has 8 heteroatoms. The van der Waals surface area contributed by atoms with E-state index in [1.54, 1.807) is 18.5 Å². The Morgan fingerprint density at radius 2 is 1.96 bits per heavy atom. The van der Waals surface area contributed by atoms with Crippen LogP contribution in [0, 0.1) is 5.92 Å². The quantitative estimate of drug-likeness (QED) is 0.468. The highest BCUT2D eigenvalue weighted by atomic mass is 16.1. The predicted octanol–water partition coefficient (Wildman–Crippen LogP) is -0.224. The van der Waals surface area contributed by atoms with Gasteiger partial charge in [0.1, 0.15) is 0 Å². The number of carbonyl (C=O) groups is 2. The Kier molecular flexibility index (Phi) is 6.68. The number of primary amides is 1. The highest BCUT2D eigenvalue weighted by molar-refractivity contribution is 5.91. The fourth-order valence-corrected chi connectivity index (χ4v) is 2.62. The molecule has 2 heterocycles. The summed E-state index contributed by atoms with van der Waals surface area (Å²) in [5.41, 5.74) is 11.4. The van der Waals surface area contributed by atoms with Gasteiger partial charge in [-0.1, -0.05) is 0 Å². The molecule has 0 saturated carbocycles. The zero-order valence-corrected chi connectivity index (χ0v) is 13.6. The summed E-state index contributed by atoms with van der Waals surface area (Å²) in [6.45, 7) is 3.29. The van der Waals surface area contributed by atoms with Crippen molar-refractivity contribution in [3.05, 3.63) is 24.0 Å². The van der Waals surface area contributed by atoms with Gasteiger partial charge in [-0.2, -0.15) is 0 Å². The first-order valence-electron chi connectivity index (χ1n) is 8.09. The highest BCUT2D eigenvalue weighted by Crippen LogP contribution is 2.16. The van der Waals surface area contributed by atoms with Gasteiger partial charge in [0.25, 0.3) is 0 Å². The summed E-state index contributed by atoms with van der Waals surface area (Å²) in [7, 11) is 0. The third-order valence-corrected chi connectivity index (χ3v) is 4.06. The van der Waals surface area contributed by atoms with Crippen LogP contribution in [0.3, 0.4) is 0 Å². The van der Waals surface area contributed by atoms with Crippen molar-refractivity contribution in [3.8, 4) is 0 Å². The second-order valence-electron chi connectivity index (χ2n) is 5.87. The van der Waals surface area contributed by atoms with Crippen molar-refractivity contribution < 1.29 is 9.59 Å². The van der Waals surface area contributed by atoms with Crippen LogP contribution in [0.15, 0.2) is 18.5 Å². The molecular formula is C16H24N6O2. The molecule has 0 atom stereocenters. The van der Waals surface area contributed by atoms with Gasteiger partial charge >= 0.3 is 0 Å². The number of anilines is 1. The van der Waals surface area contributed by atoms with E-state index in [2.05, 4.69) is 20.2 Å². The summed E-state index contributed by atoms with van der Waals surface area (Å²) in [4.78, 5) is 32.8. The van der Waals surface area contributed by atoms with Gasteiger partial charge in [-0.05, 0) is 45.0 Å². The van der Waals surface area contributed by atoms with Crippen LogP contribution in [-0.2, 0) is 9.59 Å². The summed E-state index contributed by atoms with van der Waals surface area (Å²) < 4.78 is 0. The topological polar surface area (TPSA) is 127 Å². The first kappa shape index (κ1) is 17.9. The Bertz CT molecular complexity index is 579. The Morgan fingerprint density at radius 1 is 1.29 bits per heavy atom. The minimum absolute atomic E-state index is 0.0170. The van der Waals surface area contributed by atoms with E-state index in [-0.39, 0.29) is 23.7 Å². The van der Waals surface area contributed by atoms with Gasteiger partial charge in [0.05, 0.1) is 0 Å². The number of amides is 2. The van der Waals surface area contributed by atoms with Crippen LogP contribution in [0.5, 0.6) is 0 Å². The molecular weight excluding hydrogens is 308 g/mol. The van der Waals surface area contributed by atoms with Gasteiger partial charge in [-0.15, -0.1) is 0 Å². The van der Waals surface area contributed by atoms with Crippen LogP contribution < -0.4 is 16.8 Å². The monoisotopic (exact) mass is 332 g/mol. The number of hydrogen-bond acceptors (Lipinski definition) is 6. The van der Waals surface area contributed by atoms with Crippen molar-refractivity contribution in [1.82, 2.24) is 20.2 Å². The van der Waals surface area contributed by atoms with Crippen molar-refractivity contribution in [1.29, 1.82) is 0 Å². The number of nitrogens with zero attached hydrogens (tertiary/aromatic N) is 3. The molecule has 0 radical (unpaired) electrons. The molecule has 1 aliphatic rings. The second kappa shape index (κ2) is 8.97. The molecule has 0 unspecified atom stereocenters. The number of aromatic nitrogens is 2. The van der Waals surface area contributed by atoms with Crippen molar-refractivity contribution in [3.63, 3.8) is 0 Å². The van der Waals surface area contributed by atoms with E-state index >= 15 is 0 Å². The summed E-state index contributed by atoms with van der Waals surface area (Å²) in [6, 6.07) is 0. The number of carbonyl (C=O) groups excluding carboxylic acids is 2. The summed E-state index contributed by atoms with van der Waals surface area (Å²) in [6.07, 6.45) is 8.73.